The van der Waals surface area contributed by atoms with Gasteiger partial charge in [0.2, 0.25) is 0 Å². The van der Waals surface area contributed by atoms with Crippen LogP contribution in [0.1, 0.15) is 79.1 Å². The topological polar surface area (TPSA) is 98.0 Å². The summed E-state index contributed by atoms with van der Waals surface area (Å²) in [6.07, 6.45) is 10.8. The van der Waals surface area contributed by atoms with Crippen molar-refractivity contribution in [3.63, 3.8) is 0 Å². The number of carboxylic acids is 1. The summed E-state index contributed by atoms with van der Waals surface area (Å²) in [5.74, 6) is -1.07. The van der Waals surface area contributed by atoms with Gasteiger partial charge in [-0.05, 0) is 89.5 Å². The zero-order valence-corrected chi connectivity index (χ0v) is 20.4. The number of halogens is 1. The second kappa shape index (κ2) is 9.63. The molecule has 6 heteroatoms. The second-order valence-electron chi connectivity index (χ2n) is 11.5. The van der Waals surface area contributed by atoms with E-state index in [1.807, 2.05) is 0 Å². The van der Waals surface area contributed by atoms with Gasteiger partial charge in [-0.2, -0.15) is 0 Å². The third-order valence-corrected chi connectivity index (χ3v) is 8.61. The summed E-state index contributed by atoms with van der Waals surface area (Å²) in [7, 11) is 0. The molecule has 4 N–H and O–H groups in total. The van der Waals surface area contributed by atoms with E-state index in [0.29, 0.717) is 19.3 Å². The second-order valence-corrected chi connectivity index (χ2v) is 11.5. The Morgan fingerprint density at radius 3 is 2.39 bits per heavy atom. The average molecular weight is 465 g/mol. The first-order chi connectivity index (χ1) is 15.3. The Morgan fingerprint density at radius 1 is 1.15 bits per heavy atom. The highest BCUT2D eigenvalue weighted by Crippen LogP contribution is 2.61. The molecule has 3 fully saturated rings. The Bertz CT molecular complexity index is 814. The van der Waals surface area contributed by atoms with Crippen LogP contribution in [0.2, 0.25) is 0 Å². The fraction of sp³-hybridized carbons (Fsp3) is 0.741. The number of alkyl halides is 1. The van der Waals surface area contributed by atoms with Crippen LogP contribution in [0.5, 0.6) is 0 Å². The van der Waals surface area contributed by atoms with Crippen molar-refractivity contribution in [1.29, 1.82) is 0 Å². The van der Waals surface area contributed by atoms with Crippen LogP contribution in [-0.4, -0.2) is 50.4 Å². The maximum absolute atomic E-state index is 16.0. The molecule has 3 aliphatic carbocycles. The average Bonchev–Trinajstić information content (AvgIpc) is 3.08. The van der Waals surface area contributed by atoms with Crippen LogP contribution in [0, 0.1) is 22.7 Å². The van der Waals surface area contributed by atoms with Gasteiger partial charge in [-0.1, -0.05) is 36.3 Å². The van der Waals surface area contributed by atoms with Gasteiger partial charge in [-0.25, -0.2) is 4.39 Å². The highest BCUT2D eigenvalue weighted by Gasteiger charge is 2.55. The van der Waals surface area contributed by atoms with Gasteiger partial charge < -0.3 is 20.4 Å². The zero-order chi connectivity index (χ0) is 24.6. The lowest BCUT2D eigenvalue weighted by atomic mass is 9.60. The molecule has 7 atom stereocenters. The summed E-state index contributed by atoms with van der Waals surface area (Å²) in [5.41, 5.74) is -0.875. The van der Waals surface area contributed by atoms with E-state index in [-0.39, 0.29) is 17.3 Å². The van der Waals surface area contributed by atoms with Crippen LogP contribution in [0.3, 0.4) is 0 Å². The van der Waals surface area contributed by atoms with Crippen molar-refractivity contribution in [3.8, 4) is 0 Å². The quantitative estimate of drug-likeness (QED) is 0.427. The van der Waals surface area contributed by atoms with E-state index in [1.165, 1.54) is 31.6 Å². The minimum atomic E-state index is -1.66. The first-order valence-corrected chi connectivity index (χ1v) is 12.3. The summed E-state index contributed by atoms with van der Waals surface area (Å²) in [4.78, 5) is 11.4. The zero-order valence-electron chi connectivity index (χ0n) is 20.4. The molecule has 0 aromatic heterocycles. The Morgan fingerprint density at radius 2 is 1.79 bits per heavy atom. The van der Waals surface area contributed by atoms with Gasteiger partial charge in [0.25, 0.3) is 0 Å². The van der Waals surface area contributed by atoms with Crippen molar-refractivity contribution < 1.29 is 29.6 Å². The third kappa shape index (κ3) is 5.44. The van der Waals surface area contributed by atoms with Crippen molar-refractivity contribution >= 4 is 5.97 Å². The molecule has 3 saturated carbocycles. The Labute approximate surface area is 197 Å². The summed E-state index contributed by atoms with van der Waals surface area (Å²) in [5, 5.41) is 39.6. The Balaban J connectivity index is 1.78. The van der Waals surface area contributed by atoms with Gasteiger partial charge in [0.15, 0.2) is 0 Å². The largest absolute Gasteiger partial charge is 0.481 e. The lowest BCUT2D eigenvalue weighted by molar-refractivity contribution is -0.151. The van der Waals surface area contributed by atoms with Crippen LogP contribution in [0.15, 0.2) is 35.5 Å². The molecule has 5 nitrogen and oxygen atoms in total. The van der Waals surface area contributed by atoms with Crippen molar-refractivity contribution in [1.82, 2.24) is 0 Å². The molecule has 0 spiro atoms. The van der Waals surface area contributed by atoms with Gasteiger partial charge in [-0.3, -0.25) is 4.79 Å². The van der Waals surface area contributed by atoms with E-state index in [4.69, 9.17) is 0 Å². The molecule has 0 aromatic carbocycles. The highest BCUT2D eigenvalue weighted by atomic mass is 19.1. The number of hydrogen-bond acceptors (Lipinski definition) is 4. The molecule has 33 heavy (non-hydrogen) atoms. The standard InChI is InChI=1S/C27H41FO5/c1-25(2,24(32)33)23(31)11-13-27(4,28)22-10-9-21-18(6-5-12-26(21,22)3)8-7-17-14-19(29)16-20(30)15-17/h7-8,11,13,19-23,29-31H,5-6,9-10,12,14-16H2,1-4H3,(H,32,33)/b13-11+,18-8+/t19-,20-,21+,22+,23?,26+,27+/m1/s1. The van der Waals surface area contributed by atoms with Crippen LogP contribution in [-0.2, 0) is 4.79 Å². The summed E-state index contributed by atoms with van der Waals surface area (Å²) >= 11 is 0. The molecule has 0 heterocycles. The van der Waals surface area contributed by atoms with Gasteiger partial charge in [0.05, 0.1) is 23.7 Å². The normalized spacial score (nSPS) is 37.1. The Hall–Kier alpha value is -1.50. The molecule has 0 radical (unpaired) electrons. The van der Waals surface area contributed by atoms with Crippen LogP contribution < -0.4 is 0 Å². The molecule has 0 aromatic rings. The molecule has 0 saturated heterocycles. The number of carbonyl (C=O) groups is 1. The predicted molar refractivity (Wildman–Crippen MR) is 126 cm³/mol. The predicted octanol–water partition coefficient (Wildman–Crippen LogP) is 4.72. The van der Waals surface area contributed by atoms with Crippen LogP contribution in [0.25, 0.3) is 0 Å². The monoisotopic (exact) mass is 464 g/mol. The molecule has 186 valence electrons. The van der Waals surface area contributed by atoms with E-state index < -0.39 is 35.4 Å². The molecule has 3 rings (SSSR count). The number of aliphatic carboxylic acids is 1. The first kappa shape index (κ1) is 26.1. The van der Waals surface area contributed by atoms with E-state index in [0.717, 1.165) is 37.7 Å². The molecule has 0 amide bonds. The minimum absolute atomic E-state index is 0.213. The number of allylic oxidation sites excluding steroid dienone is 4. The van der Waals surface area contributed by atoms with Crippen molar-refractivity contribution in [2.75, 3.05) is 0 Å². The molecule has 3 aliphatic rings. The number of aliphatic hydroxyl groups is 3. The maximum atomic E-state index is 16.0. The lowest BCUT2D eigenvalue weighted by Crippen LogP contribution is -2.42. The molecule has 0 bridgehead atoms. The highest BCUT2D eigenvalue weighted by molar-refractivity contribution is 5.74. The summed E-state index contributed by atoms with van der Waals surface area (Å²) in [6, 6.07) is 0. The van der Waals surface area contributed by atoms with E-state index in [1.54, 1.807) is 6.92 Å². The number of aliphatic hydroxyl groups excluding tert-OH is 3. The number of fused-ring (bicyclic) bond motifs is 1. The van der Waals surface area contributed by atoms with Crippen molar-refractivity contribution in [2.24, 2.45) is 22.7 Å². The molecular weight excluding hydrogens is 423 g/mol. The van der Waals surface area contributed by atoms with Gasteiger partial charge in [-0.15, -0.1) is 0 Å². The smallest absolute Gasteiger partial charge is 0.312 e. The Kier molecular flexibility index (Phi) is 7.62. The number of rotatable bonds is 6. The minimum Gasteiger partial charge on any atom is -0.481 e. The SMILES string of the molecule is CC(C)(C(=O)O)C(O)/C=C/[C@](C)(F)[C@H]1CC[C@H]2/C(=C/C=C3C[C@@H](O)C[C@H](O)C3)CCC[C@@]21C. The summed E-state index contributed by atoms with van der Waals surface area (Å²) < 4.78 is 16.0. The van der Waals surface area contributed by atoms with E-state index >= 15 is 4.39 Å². The summed E-state index contributed by atoms with van der Waals surface area (Å²) in [6.45, 7) is 6.59. The van der Waals surface area contributed by atoms with E-state index in [9.17, 15) is 25.2 Å². The first-order valence-electron chi connectivity index (χ1n) is 12.3. The fourth-order valence-corrected chi connectivity index (χ4v) is 6.46. The van der Waals surface area contributed by atoms with Crippen molar-refractivity contribution in [3.05, 3.63) is 35.5 Å². The van der Waals surface area contributed by atoms with Gasteiger partial charge in [0, 0.05) is 5.92 Å². The number of hydrogen-bond donors (Lipinski definition) is 4. The van der Waals surface area contributed by atoms with Crippen LogP contribution >= 0.6 is 0 Å². The fourth-order valence-electron chi connectivity index (χ4n) is 6.46. The van der Waals surface area contributed by atoms with E-state index in [2.05, 4.69) is 19.1 Å². The van der Waals surface area contributed by atoms with Gasteiger partial charge in [0.1, 0.15) is 5.67 Å². The lowest BCUT2D eigenvalue weighted by Gasteiger charge is -2.45. The number of carboxylic acid groups (broad SMARTS) is 1. The van der Waals surface area contributed by atoms with Gasteiger partial charge >= 0.3 is 5.97 Å². The molecular formula is C27H41FO5. The molecule has 0 aliphatic heterocycles. The third-order valence-electron chi connectivity index (χ3n) is 8.61. The molecule has 1 unspecified atom stereocenters. The maximum Gasteiger partial charge on any atom is 0.312 e. The van der Waals surface area contributed by atoms with Crippen LogP contribution in [0.4, 0.5) is 4.39 Å². The van der Waals surface area contributed by atoms with Crippen molar-refractivity contribution in [2.45, 2.75) is 103 Å².